The fourth-order valence-electron chi connectivity index (χ4n) is 3.62. The largest absolute Gasteiger partial charge is 0.348 e. The molecule has 0 spiro atoms. The number of hydrogen-bond donors (Lipinski definition) is 2. The van der Waals surface area contributed by atoms with Crippen molar-refractivity contribution in [3.05, 3.63) is 53.6 Å². The third-order valence-electron chi connectivity index (χ3n) is 5.15. The summed E-state index contributed by atoms with van der Waals surface area (Å²) in [5, 5.41) is 2.79. The molecule has 0 unspecified atom stereocenters. The molecule has 8 nitrogen and oxygen atoms in total. The van der Waals surface area contributed by atoms with Crippen LogP contribution in [0.3, 0.4) is 0 Å². The maximum absolute atomic E-state index is 12.8. The summed E-state index contributed by atoms with van der Waals surface area (Å²) in [6, 6.07) is 6.11. The van der Waals surface area contributed by atoms with Gasteiger partial charge in [0.2, 0.25) is 11.8 Å². The smallest absolute Gasteiger partial charge is 0.253 e. The first-order valence-electron chi connectivity index (χ1n) is 8.97. The Hall–Kier alpha value is -3.16. The van der Waals surface area contributed by atoms with Crippen molar-refractivity contribution in [2.24, 2.45) is 0 Å². The molecule has 2 aromatic rings. The summed E-state index contributed by atoms with van der Waals surface area (Å²) in [5.74, 6) is -0.452. The van der Waals surface area contributed by atoms with Crippen LogP contribution in [0.1, 0.15) is 21.6 Å². The zero-order valence-electron chi connectivity index (χ0n) is 15.0. The first-order chi connectivity index (χ1) is 13.0. The van der Waals surface area contributed by atoms with E-state index in [4.69, 9.17) is 0 Å². The van der Waals surface area contributed by atoms with Gasteiger partial charge in [0.15, 0.2) is 0 Å². The molecule has 2 aliphatic rings. The van der Waals surface area contributed by atoms with E-state index in [1.54, 1.807) is 34.5 Å². The van der Waals surface area contributed by atoms with E-state index in [1.165, 1.54) is 0 Å². The Labute approximate surface area is 156 Å². The molecule has 27 heavy (non-hydrogen) atoms. The monoisotopic (exact) mass is 367 g/mol. The topological polar surface area (TPSA) is 98.4 Å². The molecule has 0 saturated carbocycles. The predicted molar refractivity (Wildman–Crippen MR) is 96.8 cm³/mol. The second-order valence-corrected chi connectivity index (χ2v) is 7.01. The van der Waals surface area contributed by atoms with Crippen molar-refractivity contribution in [2.75, 3.05) is 19.6 Å². The predicted octanol–water partition coefficient (Wildman–Crippen LogP) is 0.112. The Morgan fingerprint density at radius 2 is 2.00 bits per heavy atom. The van der Waals surface area contributed by atoms with Crippen LogP contribution in [0, 0.1) is 6.92 Å². The summed E-state index contributed by atoms with van der Waals surface area (Å²) in [7, 11) is 0. The van der Waals surface area contributed by atoms with Gasteiger partial charge in [-0.15, -0.1) is 0 Å². The number of nitrogens with zero attached hydrogens (tertiary/aromatic N) is 3. The molecule has 1 aromatic carbocycles. The molecule has 2 aliphatic heterocycles. The van der Waals surface area contributed by atoms with Crippen molar-refractivity contribution in [2.45, 2.75) is 25.4 Å². The van der Waals surface area contributed by atoms with Gasteiger partial charge in [-0.2, -0.15) is 0 Å². The summed E-state index contributed by atoms with van der Waals surface area (Å²) in [6.07, 6.45) is 3.56. The first-order valence-corrected chi connectivity index (χ1v) is 8.97. The van der Waals surface area contributed by atoms with Gasteiger partial charge in [-0.3, -0.25) is 14.4 Å². The molecule has 0 radical (unpaired) electrons. The van der Waals surface area contributed by atoms with Crippen LogP contribution in [0.5, 0.6) is 0 Å². The zero-order chi connectivity index (χ0) is 19.0. The van der Waals surface area contributed by atoms with Crippen LogP contribution in [-0.2, 0) is 16.0 Å². The third-order valence-corrected chi connectivity index (χ3v) is 5.15. The van der Waals surface area contributed by atoms with E-state index in [0.29, 0.717) is 25.1 Å². The van der Waals surface area contributed by atoms with E-state index in [1.807, 2.05) is 19.1 Å². The van der Waals surface area contributed by atoms with E-state index in [-0.39, 0.29) is 24.3 Å². The number of hydrogen-bond acceptors (Lipinski definition) is 4. The van der Waals surface area contributed by atoms with Crippen molar-refractivity contribution in [3.63, 3.8) is 0 Å². The molecular weight excluding hydrogens is 346 g/mol. The van der Waals surface area contributed by atoms with Gasteiger partial charge >= 0.3 is 0 Å². The normalized spacial score (nSPS) is 22.4. The number of nitrogens with one attached hydrogen (secondary N) is 2. The number of piperazine rings is 2. The third kappa shape index (κ3) is 3.30. The van der Waals surface area contributed by atoms with E-state index < -0.39 is 12.1 Å². The fraction of sp³-hybridized carbons (Fsp3) is 0.368. The van der Waals surface area contributed by atoms with Crippen LogP contribution in [0.15, 0.2) is 36.8 Å². The second kappa shape index (κ2) is 6.86. The number of aromatic nitrogens is 2. The van der Waals surface area contributed by atoms with Crippen LogP contribution in [-0.4, -0.2) is 69.2 Å². The average Bonchev–Trinajstić information content (AvgIpc) is 3.19. The molecule has 2 fully saturated rings. The number of benzene rings is 1. The summed E-state index contributed by atoms with van der Waals surface area (Å²) >= 11 is 0. The molecule has 3 heterocycles. The summed E-state index contributed by atoms with van der Waals surface area (Å²) in [4.78, 5) is 48.2. The van der Waals surface area contributed by atoms with Crippen molar-refractivity contribution in [1.82, 2.24) is 25.1 Å². The van der Waals surface area contributed by atoms with Crippen molar-refractivity contribution >= 4 is 17.7 Å². The minimum Gasteiger partial charge on any atom is -0.348 e. The Morgan fingerprint density at radius 3 is 2.70 bits per heavy atom. The Bertz CT molecular complexity index is 862. The molecule has 4 rings (SSSR count). The van der Waals surface area contributed by atoms with Crippen LogP contribution < -0.4 is 5.32 Å². The van der Waals surface area contributed by atoms with Crippen molar-refractivity contribution in [1.29, 1.82) is 0 Å². The van der Waals surface area contributed by atoms with E-state index >= 15 is 0 Å². The fourth-order valence-corrected chi connectivity index (χ4v) is 3.62. The van der Waals surface area contributed by atoms with Gasteiger partial charge in [-0.1, -0.05) is 17.7 Å². The summed E-state index contributed by atoms with van der Waals surface area (Å²) < 4.78 is 0. The lowest BCUT2D eigenvalue weighted by Gasteiger charge is -2.45. The minimum atomic E-state index is -0.640. The Morgan fingerprint density at radius 1 is 1.22 bits per heavy atom. The second-order valence-electron chi connectivity index (χ2n) is 7.01. The van der Waals surface area contributed by atoms with E-state index in [0.717, 1.165) is 11.3 Å². The number of H-pyrrole nitrogens is 1. The highest BCUT2D eigenvalue weighted by Crippen LogP contribution is 2.19. The SMILES string of the molecule is Cc1ccc(C(=O)N2CCN3C(=O)[C@H](Cc4cnc[nH]4)NC(=O)[C@H]3C2)cc1. The molecule has 8 heteroatoms. The first kappa shape index (κ1) is 17.3. The standard InChI is InChI=1S/C19H21N5O3/c1-12-2-4-13(5-3-12)18(26)23-6-7-24-16(10-23)17(25)22-15(19(24)27)8-14-9-20-11-21-14/h2-5,9,11,15-16H,6-8,10H2,1H3,(H,20,21)(H,22,25)/t15-,16+/m0/s1. The van der Waals surface area contributed by atoms with Crippen LogP contribution in [0.25, 0.3) is 0 Å². The zero-order valence-corrected chi connectivity index (χ0v) is 15.0. The number of rotatable bonds is 3. The number of aromatic amines is 1. The van der Waals surface area contributed by atoms with Gasteiger partial charge in [-0.25, -0.2) is 4.98 Å². The van der Waals surface area contributed by atoms with Gasteiger partial charge in [0.25, 0.3) is 5.91 Å². The maximum Gasteiger partial charge on any atom is 0.253 e. The average molecular weight is 367 g/mol. The maximum atomic E-state index is 12.8. The van der Waals surface area contributed by atoms with Crippen molar-refractivity contribution < 1.29 is 14.4 Å². The number of carbonyl (C=O) groups excluding carboxylic acids is 3. The Balaban J connectivity index is 1.46. The van der Waals surface area contributed by atoms with Gasteiger partial charge in [-0.05, 0) is 19.1 Å². The summed E-state index contributed by atoms with van der Waals surface area (Å²) in [5.41, 5.74) is 2.46. The van der Waals surface area contributed by atoms with Gasteiger partial charge in [0.05, 0.1) is 12.9 Å². The number of carbonyl (C=O) groups is 3. The summed E-state index contributed by atoms with van der Waals surface area (Å²) in [6.45, 7) is 2.94. The molecular formula is C19H21N5O3. The van der Waals surface area contributed by atoms with Crippen molar-refractivity contribution in [3.8, 4) is 0 Å². The Kier molecular flexibility index (Phi) is 4.39. The molecule has 2 saturated heterocycles. The molecule has 1 aromatic heterocycles. The lowest BCUT2D eigenvalue weighted by atomic mass is 10.0. The van der Waals surface area contributed by atoms with Crippen LogP contribution in [0.4, 0.5) is 0 Å². The number of amides is 3. The number of aryl methyl sites for hydroxylation is 1. The van der Waals surface area contributed by atoms with Gasteiger partial charge in [0, 0.05) is 37.0 Å². The number of fused-ring (bicyclic) bond motifs is 1. The molecule has 0 aliphatic carbocycles. The highest BCUT2D eigenvalue weighted by molar-refractivity contribution is 5.99. The van der Waals surface area contributed by atoms with Crippen LogP contribution in [0.2, 0.25) is 0 Å². The lowest BCUT2D eigenvalue weighted by molar-refractivity contribution is -0.152. The van der Waals surface area contributed by atoms with Crippen LogP contribution >= 0.6 is 0 Å². The molecule has 3 amide bonds. The lowest BCUT2D eigenvalue weighted by Crippen LogP contribution is -2.70. The van der Waals surface area contributed by atoms with E-state index in [2.05, 4.69) is 15.3 Å². The molecule has 2 N–H and O–H groups in total. The molecule has 2 atom stereocenters. The highest BCUT2D eigenvalue weighted by atomic mass is 16.2. The molecule has 0 bridgehead atoms. The van der Waals surface area contributed by atoms with E-state index in [9.17, 15) is 14.4 Å². The van der Waals surface area contributed by atoms with Gasteiger partial charge in [0.1, 0.15) is 12.1 Å². The number of imidazole rings is 1. The molecule has 140 valence electrons. The minimum absolute atomic E-state index is 0.114. The quantitative estimate of drug-likeness (QED) is 0.805. The van der Waals surface area contributed by atoms with Gasteiger partial charge < -0.3 is 20.1 Å². The highest BCUT2D eigenvalue weighted by Gasteiger charge is 2.44.